The van der Waals surface area contributed by atoms with Crippen molar-refractivity contribution >= 4 is 21.8 Å². The van der Waals surface area contributed by atoms with Crippen LogP contribution in [0.2, 0.25) is 0 Å². The fraction of sp³-hybridized carbons (Fsp3) is 0.286. The number of fused-ring (bicyclic) bond motifs is 2. The number of benzene rings is 3. The van der Waals surface area contributed by atoms with E-state index in [9.17, 15) is 4.79 Å². The average Bonchev–Trinajstić information content (AvgIpc) is 3.50. The minimum absolute atomic E-state index is 0.116. The predicted molar refractivity (Wildman–Crippen MR) is 179 cm³/mol. The second kappa shape index (κ2) is 13.5. The molecule has 0 saturated heterocycles. The summed E-state index contributed by atoms with van der Waals surface area (Å²) >= 11 is 0. The van der Waals surface area contributed by atoms with Gasteiger partial charge in [0.15, 0.2) is 0 Å². The summed E-state index contributed by atoms with van der Waals surface area (Å²) in [6.07, 6.45) is 0. The van der Waals surface area contributed by atoms with Gasteiger partial charge in [-0.05, 0) is 93.9 Å². The highest BCUT2D eigenvalue weighted by atomic mass is 16.5. The lowest BCUT2D eigenvalue weighted by molar-refractivity contribution is 0.261. The van der Waals surface area contributed by atoms with Crippen LogP contribution in [-0.2, 0) is 13.2 Å². The van der Waals surface area contributed by atoms with Crippen LogP contribution in [0.3, 0.4) is 0 Å². The number of rotatable bonds is 12. The van der Waals surface area contributed by atoms with E-state index in [0.717, 1.165) is 50.9 Å². The van der Waals surface area contributed by atoms with Gasteiger partial charge in [-0.25, -0.2) is 4.98 Å². The Bertz CT molecular complexity index is 2030. The molecular weight excluding hydrogens is 580 g/mol. The molecule has 0 radical (unpaired) electrons. The largest absolute Gasteiger partial charge is 0.492 e. The second-order valence-electron chi connectivity index (χ2n) is 11.8. The van der Waals surface area contributed by atoms with Crippen LogP contribution in [0.25, 0.3) is 33.2 Å². The molecule has 3 aromatic heterocycles. The number of tetrazole rings is 1. The first-order chi connectivity index (χ1) is 22.2. The van der Waals surface area contributed by atoms with Crippen LogP contribution in [0.15, 0.2) is 83.7 Å². The molecule has 3 heterocycles. The molecular formula is C35H38N8O3. The zero-order chi connectivity index (χ0) is 32.2. The van der Waals surface area contributed by atoms with Crippen molar-refractivity contribution in [1.29, 1.82) is 0 Å². The fourth-order valence-electron chi connectivity index (χ4n) is 5.30. The van der Waals surface area contributed by atoms with Crippen LogP contribution in [0.4, 0.5) is 0 Å². The van der Waals surface area contributed by atoms with E-state index in [1.807, 2.05) is 101 Å². The summed E-state index contributed by atoms with van der Waals surface area (Å²) in [7, 11) is 7.98. The van der Waals surface area contributed by atoms with Crippen LogP contribution < -0.4 is 15.0 Å². The molecule has 1 atom stereocenters. The van der Waals surface area contributed by atoms with Gasteiger partial charge in [0.1, 0.15) is 24.7 Å². The molecule has 1 N–H and O–H groups in total. The lowest BCUT2D eigenvalue weighted by Crippen LogP contribution is -2.23. The molecule has 46 heavy (non-hydrogen) atoms. The van der Waals surface area contributed by atoms with Gasteiger partial charge in [-0.1, -0.05) is 36.4 Å². The van der Waals surface area contributed by atoms with E-state index in [2.05, 4.69) is 43.2 Å². The summed E-state index contributed by atoms with van der Waals surface area (Å²) in [5.41, 5.74) is 4.39. The summed E-state index contributed by atoms with van der Waals surface area (Å²) < 4.78 is 12.1. The second-order valence-corrected chi connectivity index (χ2v) is 11.8. The first-order valence-electron chi connectivity index (χ1n) is 15.2. The zero-order valence-electron chi connectivity index (χ0n) is 26.8. The molecule has 6 rings (SSSR count). The van der Waals surface area contributed by atoms with Crippen molar-refractivity contribution < 1.29 is 9.47 Å². The van der Waals surface area contributed by atoms with Crippen LogP contribution in [-0.4, -0.2) is 81.3 Å². The molecule has 1 unspecified atom stereocenters. The van der Waals surface area contributed by atoms with Gasteiger partial charge in [0, 0.05) is 28.9 Å². The van der Waals surface area contributed by atoms with Gasteiger partial charge >= 0.3 is 0 Å². The molecule has 0 aliphatic heterocycles. The number of H-pyrrole nitrogens is 1. The third-order valence-corrected chi connectivity index (χ3v) is 7.97. The minimum Gasteiger partial charge on any atom is -0.492 e. The van der Waals surface area contributed by atoms with Crippen LogP contribution in [0.5, 0.6) is 11.5 Å². The Labute approximate surface area is 267 Å². The van der Waals surface area contributed by atoms with E-state index in [0.29, 0.717) is 31.1 Å². The van der Waals surface area contributed by atoms with E-state index in [4.69, 9.17) is 14.5 Å². The monoisotopic (exact) mass is 618 g/mol. The number of nitrogens with one attached hydrogen (secondary N) is 1. The summed E-state index contributed by atoms with van der Waals surface area (Å²) in [5.74, 6) is 1.71. The summed E-state index contributed by atoms with van der Waals surface area (Å²) in [4.78, 5) is 26.9. The molecule has 0 saturated carbocycles. The molecule has 11 nitrogen and oxygen atoms in total. The number of nitrogens with zero attached hydrogens (tertiary/aromatic N) is 7. The Morgan fingerprint density at radius 1 is 0.913 bits per heavy atom. The SMILES string of the molecule is CC(c1c(-c2nnn(Cc3cccc(OCc4ccc5ccccc5n4)c3)n2)c(=O)[nH]c2ccc(OCCN(C)C)cc12)N(C)C. The van der Waals surface area contributed by atoms with Gasteiger partial charge in [0.05, 0.1) is 23.3 Å². The number of hydrogen-bond donors (Lipinski definition) is 1. The van der Waals surface area contributed by atoms with E-state index in [-0.39, 0.29) is 17.4 Å². The lowest BCUT2D eigenvalue weighted by Gasteiger charge is -2.23. The third-order valence-electron chi connectivity index (χ3n) is 7.97. The maximum Gasteiger partial charge on any atom is 0.260 e. The van der Waals surface area contributed by atoms with Crippen molar-refractivity contribution in [2.24, 2.45) is 0 Å². The Morgan fingerprint density at radius 3 is 2.57 bits per heavy atom. The summed E-state index contributed by atoms with van der Waals surface area (Å²) in [6.45, 7) is 4.10. The van der Waals surface area contributed by atoms with Gasteiger partial charge < -0.3 is 24.3 Å². The molecule has 0 aliphatic rings. The lowest BCUT2D eigenvalue weighted by atomic mass is 9.96. The normalized spacial score (nSPS) is 12.3. The number of aromatic nitrogens is 6. The standard InChI is InChI=1S/C35H38N8O3/c1-23(42(4)5)32-29-20-28(45-18-17-41(2)3)15-16-31(29)37-35(44)33(32)34-38-40-43(39-34)21-24-9-8-11-27(19-24)46-22-26-14-13-25-10-6-7-12-30(25)36-26/h6-16,19-20,23H,17-18,21-22H2,1-5H3,(H,37,44). The topological polar surface area (TPSA) is 114 Å². The van der Waals surface area contributed by atoms with Crippen molar-refractivity contribution in [3.05, 3.63) is 106 Å². The van der Waals surface area contributed by atoms with Crippen LogP contribution in [0, 0.1) is 0 Å². The smallest absolute Gasteiger partial charge is 0.260 e. The molecule has 0 amide bonds. The Kier molecular flexibility index (Phi) is 9.04. The third kappa shape index (κ3) is 6.90. The predicted octanol–water partition coefficient (Wildman–Crippen LogP) is 4.92. The maximum atomic E-state index is 13.5. The minimum atomic E-state index is -0.269. The molecule has 236 valence electrons. The van der Waals surface area contributed by atoms with Gasteiger partial charge in [-0.2, -0.15) is 4.80 Å². The maximum absolute atomic E-state index is 13.5. The van der Waals surface area contributed by atoms with Crippen molar-refractivity contribution in [3.8, 4) is 22.9 Å². The van der Waals surface area contributed by atoms with Crippen LogP contribution in [0.1, 0.15) is 29.8 Å². The molecule has 0 bridgehead atoms. The highest BCUT2D eigenvalue weighted by molar-refractivity contribution is 5.89. The first-order valence-corrected chi connectivity index (χ1v) is 15.2. The quantitative estimate of drug-likeness (QED) is 0.204. The Morgan fingerprint density at radius 2 is 1.74 bits per heavy atom. The van der Waals surface area contributed by atoms with Crippen molar-refractivity contribution in [1.82, 2.24) is 40.0 Å². The highest BCUT2D eigenvalue weighted by Gasteiger charge is 2.24. The van der Waals surface area contributed by atoms with Crippen molar-refractivity contribution in [2.45, 2.75) is 26.1 Å². The fourth-order valence-corrected chi connectivity index (χ4v) is 5.30. The van der Waals surface area contributed by atoms with Gasteiger partial charge in [0.25, 0.3) is 5.56 Å². The van der Waals surface area contributed by atoms with E-state index < -0.39 is 0 Å². The Balaban J connectivity index is 1.25. The number of likely N-dealkylation sites (N-methyl/N-ethyl adjacent to an activating group) is 1. The molecule has 6 aromatic rings. The first kappa shape index (κ1) is 30.9. The number of hydrogen-bond acceptors (Lipinski definition) is 9. The molecule has 11 heteroatoms. The Hall–Kier alpha value is -5.13. The number of ether oxygens (including phenoxy) is 2. The van der Waals surface area contributed by atoms with Gasteiger partial charge in [-0.15, -0.1) is 10.2 Å². The summed E-state index contributed by atoms with van der Waals surface area (Å²) in [6, 6.07) is 25.4. The molecule has 3 aromatic carbocycles. The molecule has 0 fully saturated rings. The number of aromatic amines is 1. The van der Waals surface area contributed by atoms with Crippen molar-refractivity contribution in [3.63, 3.8) is 0 Å². The molecule has 0 spiro atoms. The van der Waals surface area contributed by atoms with E-state index in [1.54, 1.807) is 0 Å². The highest BCUT2D eigenvalue weighted by Crippen LogP contribution is 2.33. The zero-order valence-corrected chi connectivity index (χ0v) is 26.8. The summed E-state index contributed by atoms with van der Waals surface area (Å²) in [5, 5.41) is 15.3. The van der Waals surface area contributed by atoms with Crippen LogP contribution >= 0.6 is 0 Å². The number of para-hydroxylation sites is 1. The van der Waals surface area contributed by atoms with E-state index >= 15 is 0 Å². The van der Waals surface area contributed by atoms with Gasteiger partial charge in [0.2, 0.25) is 5.82 Å². The average molecular weight is 619 g/mol. The van der Waals surface area contributed by atoms with Crippen molar-refractivity contribution in [2.75, 3.05) is 41.3 Å². The number of pyridine rings is 2. The van der Waals surface area contributed by atoms with E-state index in [1.165, 1.54) is 4.80 Å². The van der Waals surface area contributed by atoms with Gasteiger partial charge in [-0.3, -0.25) is 4.79 Å². The molecule has 0 aliphatic carbocycles.